The summed E-state index contributed by atoms with van der Waals surface area (Å²) in [6, 6.07) is 7.80. The minimum atomic E-state index is -4.14. The monoisotopic (exact) mass is 300 g/mol. The number of nitrogens with zero attached hydrogens (tertiary/aromatic N) is 1. The van der Waals surface area contributed by atoms with Crippen LogP contribution in [-0.4, -0.2) is 49.9 Å². The van der Waals surface area contributed by atoms with E-state index in [-0.39, 0.29) is 19.2 Å². The Hall–Kier alpha value is -1.27. The Morgan fingerprint density at radius 3 is 2.86 bits per heavy atom. The van der Waals surface area contributed by atoms with Gasteiger partial charge in [0.2, 0.25) is 0 Å². The Balaban J connectivity index is 1.60. The molecule has 116 valence electrons. The van der Waals surface area contributed by atoms with Crippen LogP contribution in [0.25, 0.3) is 0 Å². The van der Waals surface area contributed by atoms with E-state index in [9.17, 15) is 13.2 Å². The van der Waals surface area contributed by atoms with E-state index in [2.05, 4.69) is 5.32 Å². The Labute approximate surface area is 122 Å². The summed E-state index contributed by atoms with van der Waals surface area (Å²) in [5.41, 5.74) is 1.14. The van der Waals surface area contributed by atoms with Crippen molar-refractivity contribution < 1.29 is 17.9 Å². The normalized spacial score (nSPS) is 27.0. The summed E-state index contributed by atoms with van der Waals surface area (Å²) in [6.07, 6.45) is -3.42. The maximum absolute atomic E-state index is 12.9. The molecule has 0 bridgehead atoms. The fraction of sp³-hybridized carbons (Fsp3) is 0.600. The highest BCUT2D eigenvalue weighted by Crippen LogP contribution is 2.30. The first-order valence-electron chi connectivity index (χ1n) is 7.27. The first kappa shape index (κ1) is 14.7. The number of hydrogen-bond acceptors (Lipinski definition) is 3. The molecule has 2 atom stereocenters. The number of hydrogen-bond donors (Lipinski definition) is 1. The zero-order chi connectivity index (χ0) is 14.9. The van der Waals surface area contributed by atoms with Crippen LogP contribution in [-0.2, 0) is 6.42 Å². The first-order chi connectivity index (χ1) is 10.0. The van der Waals surface area contributed by atoms with E-state index in [1.54, 1.807) is 0 Å². The molecule has 1 fully saturated rings. The molecule has 0 spiro atoms. The maximum Gasteiger partial charge on any atom is 0.394 e. The second-order valence-corrected chi connectivity index (χ2v) is 5.75. The van der Waals surface area contributed by atoms with Gasteiger partial charge in [-0.25, -0.2) is 0 Å². The summed E-state index contributed by atoms with van der Waals surface area (Å²) in [6.45, 7) is 1.82. The molecule has 1 saturated heterocycles. The van der Waals surface area contributed by atoms with Crippen molar-refractivity contribution in [3.05, 3.63) is 29.8 Å². The molecule has 1 aromatic carbocycles. The van der Waals surface area contributed by atoms with Crippen molar-refractivity contribution in [1.82, 2.24) is 10.2 Å². The van der Waals surface area contributed by atoms with Crippen LogP contribution in [0.15, 0.2) is 24.3 Å². The number of ether oxygens (including phenoxy) is 1. The largest absolute Gasteiger partial charge is 0.488 e. The molecule has 0 amide bonds. The van der Waals surface area contributed by atoms with Gasteiger partial charge in [-0.05, 0) is 11.6 Å². The maximum atomic E-state index is 12.9. The van der Waals surface area contributed by atoms with Gasteiger partial charge in [-0.1, -0.05) is 18.2 Å². The van der Waals surface area contributed by atoms with E-state index < -0.39 is 12.1 Å². The Kier molecular flexibility index (Phi) is 4.08. The van der Waals surface area contributed by atoms with E-state index in [1.807, 2.05) is 29.2 Å². The molecule has 0 aromatic heterocycles. The topological polar surface area (TPSA) is 24.5 Å². The highest BCUT2D eigenvalue weighted by atomic mass is 19.4. The number of benzene rings is 1. The van der Waals surface area contributed by atoms with Crippen LogP contribution < -0.4 is 10.1 Å². The highest BCUT2D eigenvalue weighted by Gasteiger charge is 2.41. The van der Waals surface area contributed by atoms with Crippen LogP contribution >= 0.6 is 0 Å². The zero-order valence-electron chi connectivity index (χ0n) is 11.7. The average molecular weight is 300 g/mol. The summed E-state index contributed by atoms with van der Waals surface area (Å²) in [4.78, 5) is 1.87. The number of para-hydroxylation sites is 1. The van der Waals surface area contributed by atoms with E-state index in [0.717, 1.165) is 17.7 Å². The molecule has 6 heteroatoms. The van der Waals surface area contributed by atoms with Crippen molar-refractivity contribution in [3.63, 3.8) is 0 Å². The van der Waals surface area contributed by atoms with Crippen molar-refractivity contribution >= 4 is 0 Å². The van der Waals surface area contributed by atoms with E-state index in [4.69, 9.17) is 4.74 Å². The Bertz CT molecular complexity index is 467. The van der Waals surface area contributed by atoms with Crippen LogP contribution in [0.3, 0.4) is 0 Å². The highest BCUT2D eigenvalue weighted by molar-refractivity contribution is 5.37. The summed E-state index contributed by atoms with van der Waals surface area (Å²) in [5.74, 6) is -0.438. The summed E-state index contributed by atoms with van der Waals surface area (Å²) < 4.78 is 44.6. The van der Waals surface area contributed by atoms with Gasteiger partial charge in [-0.3, -0.25) is 4.90 Å². The Morgan fingerprint density at radius 2 is 2.10 bits per heavy atom. The van der Waals surface area contributed by atoms with Gasteiger partial charge in [0.15, 0.2) is 0 Å². The molecular formula is C15H19F3N2O. The summed E-state index contributed by atoms with van der Waals surface area (Å²) in [7, 11) is 0. The lowest BCUT2D eigenvalue weighted by molar-refractivity contribution is -0.176. The Morgan fingerprint density at radius 1 is 1.29 bits per heavy atom. The van der Waals surface area contributed by atoms with Gasteiger partial charge in [0.05, 0.1) is 5.92 Å². The molecule has 0 aliphatic carbocycles. The second kappa shape index (κ2) is 5.85. The van der Waals surface area contributed by atoms with Gasteiger partial charge < -0.3 is 10.1 Å². The zero-order valence-corrected chi connectivity index (χ0v) is 11.7. The fourth-order valence-corrected chi connectivity index (χ4v) is 3.01. The van der Waals surface area contributed by atoms with Gasteiger partial charge in [0.1, 0.15) is 11.9 Å². The quantitative estimate of drug-likeness (QED) is 0.905. The minimum absolute atomic E-state index is 0.00570. The van der Waals surface area contributed by atoms with Crippen LogP contribution in [0.4, 0.5) is 13.2 Å². The molecule has 2 heterocycles. The van der Waals surface area contributed by atoms with Gasteiger partial charge in [0, 0.05) is 39.1 Å². The molecule has 0 saturated carbocycles. The number of fused-ring (bicyclic) bond motifs is 1. The average Bonchev–Trinajstić information content (AvgIpc) is 2.66. The van der Waals surface area contributed by atoms with Gasteiger partial charge >= 0.3 is 6.18 Å². The third kappa shape index (κ3) is 3.49. The van der Waals surface area contributed by atoms with Gasteiger partial charge in [-0.15, -0.1) is 0 Å². The van der Waals surface area contributed by atoms with Crippen LogP contribution in [0.2, 0.25) is 0 Å². The van der Waals surface area contributed by atoms with E-state index in [1.165, 1.54) is 0 Å². The molecular weight excluding hydrogens is 281 g/mol. The molecule has 2 aliphatic rings. The third-order valence-electron chi connectivity index (χ3n) is 4.11. The standard InChI is InChI=1S/C15H19F3N2O/c16-15(17,18)12-8-19-5-6-20(9-12)10-13-7-11-3-1-2-4-14(11)21-13/h1-4,12-13,19H,5-10H2. The van der Waals surface area contributed by atoms with Gasteiger partial charge in [-0.2, -0.15) is 13.2 Å². The number of nitrogens with one attached hydrogen (secondary N) is 1. The number of alkyl halides is 3. The van der Waals surface area contributed by atoms with Crippen molar-refractivity contribution in [2.24, 2.45) is 5.92 Å². The van der Waals surface area contributed by atoms with E-state index in [0.29, 0.717) is 19.6 Å². The second-order valence-electron chi connectivity index (χ2n) is 5.75. The molecule has 2 unspecified atom stereocenters. The lowest BCUT2D eigenvalue weighted by atomic mass is 10.1. The summed E-state index contributed by atoms with van der Waals surface area (Å²) in [5, 5.41) is 2.87. The number of rotatable bonds is 2. The molecule has 3 nitrogen and oxygen atoms in total. The third-order valence-corrected chi connectivity index (χ3v) is 4.11. The minimum Gasteiger partial charge on any atom is -0.488 e. The van der Waals surface area contributed by atoms with Crippen molar-refractivity contribution in [2.75, 3.05) is 32.7 Å². The molecule has 1 aromatic rings. The predicted octanol–water partition coefficient (Wildman–Crippen LogP) is 2.07. The SMILES string of the molecule is FC(F)(F)C1CNCCN(CC2Cc3ccccc3O2)C1. The smallest absolute Gasteiger partial charge is 0.394 e. The van der Waals surface area contributed by atoms with Crippen LogP contribution in [0, 0.1) is 5.92 Å². The molecule has 1 N–H and O–H groups in total. The van der Waals surface area contributed by atoms with Crippen LogP contribution in [0.1, 0.15) is 5.56 Å². The molecule has 0 radical (unpaired) electrons. The predicted molar refractivity (Wildman–Crippen MR) is 73.4 cm³/mol. The lowest BCUT2D eigenvalue weighted by Crippen LogP contribution is -2.41. The van der Waals surface area contributed by atoms with Gasteiger partial charge in [0.25, 0.3) is 0 Å². The van der Waals surface area contributed by atoms with Crippen LogP contribution in [0.5, 0.6) is 5.75 Å². The lowest BCUT2D eigenvalue weighted by Gasteiger charge is -2.27. The molecule has 2 aliphatic heterocycles. The van der Waals surface area contributed by atoms with Crippen molar-refractivity contribution in [1.29, 1.82) is 0 Å². The number of halogens is 3. The first-order valence-corrected chi connectivity index (χ1v) is 7.27. The molecule has 21 heavy (non-hydrogen) atoms. The van der Waals surface area contributed by atoms with Crippen molar-refractivity contribution in [2.45, 2.75) is 18.7 Å². The van der Waals surface area contributed by atoms with E-state index >= 15 is 0 Å². The summed E-state index contributed by atoms with van der Waals surface area (Å²) >= 11 is 0. The fourth-order valence-electron chi connectivity index (χ4n) is 3.01. The molecule has 3 rings (SSSR count). The van der Waals surface area contributed by atoms with Crippen molar-refractivity contribution in [3.8, 4) is 5.75 Å².